The Balaban J connectivity index is 1.31. The van der Waals surface area contributed by atoms with Gasteiger partial charge < -0.3 is 9.88 Å². The third kappa shape index (κ3) is 3.70. The van der Waals surface area contributed by atoms with E-state index in [9.17, 15) is 4.79 Å². The minimum Gasteiger partial charge on any atom is -0.361 e. The van der Waals surface area contributed by atoms with Crippen molar-refractivity contribution in [2.45, 2.75) is 0 Å². The highest BCUT2D eigenvalue weighted by Gasteiger charge is 2.21. The Labute approximate surface area is 153 Å². The highest BCUT2D eigenvalue weighted by Crippen LogP contribution is 2.16. The third-order valence-corrected chi connectivity index (χ3v) is 4.93. The molecule has 0 unspecified atom stereocenters. The van der Waals surface area contributed by atoms with Gasteiger partial charge in [-0.05, 0) is 29.8 Å². The summed E-state index contributed by atoms with van der Waals surface area (Å²) in [5, 5.41) is 1.08. The zero-order chi connectivity index (χ0) is 17.8. The Kier molecular flexibility index (Phi) is 4.84. The standard InChI is InChI=1S/C22H23N3O/c26-22(20-8-9-21-19(17-20)10-11-23-21)25-15-13-24(14-16-25)12-4-7-18-5-2-1-3-6-18/h1-11,17,23H,12-16H2. The number of hydrogen-bond acceptors (Lipinski definition) is 2. The Morgan fingerprint density at radius 2 is 1.81 bits per heavy atom. The van der Waals surface area contributed by atoms with Crippen molar-refractivity contribution < 1.29 is 4.79 Å². The molecule has 4 nitrogen and oxygen atoms in total. The summed E-state index contributed by atoms with van der Waals surface area (Å²) >= 11 is 0. The summed E-state index contributed by atoms with van der Waals surface area (Å²) < 4.78 is 0. The minimum absolute atomic E-state index is 0.132. The number of aromatic nitrogens is 1. The number of benzene rings is 2. The molecule has 1 saturated heterocycles. The van der Waals surface area contributed by atoms with E-state index in [4.69, 9.17) is 0 Å². The monoisotopic (exact) mass is 345 g/mol. The Morgan fingerprint density at radius 3 is 2.62 bits per heavy atom. The van der Waals surface area contributed by atoms with E-state index < -0.39 is 0 Å². The number of nitrogens with one attached hydrogen (secondary N) is 1. The van der Waals surface area contributed by atoms with Gasteiger partial charge in [0.1, 0.15) is 0 Å². The molecule has 0 aliphatic carbocycles. The molecule has 1 aliphatic rings. The number of piperazine rings is 1. The number of H-pyrrole nitrogens is 1. The Morgan fingerprint density at radius 1 is 1.00 bits per heavy atom. The van der Waals surface area contributed by atoms with E-state index in [0.29, 0.717) is 0 Å². The average molecular weight is 345 g/mol. The predicted molar refractivity (Wildman–Crippen MR) is 106 cm³/mol. The molecule has 132 valence electrons. The van der Waals surface area contributed by atoms with E-state index in [-0.39, 0.29) is 5.91 Å². The van der Waals surface area contributed by atoms with Gasteiger partial charge in [-0.25, -0.2) is 0 Å². The van der Waals surface area contributed by atoms with Gasteiger partial charge in [-0.3, -0.25) is 9.69 Å². The highest BCUT2D eigenvalue weighted by molar-refractivity contribution is 5.98. The molecular formula is C22H23N3O. The van der Waals surface area contributed by atoms with E-state index in [1.165, 1.54) is 5.56 Å². The number of carbonyl (C=O) groups excluding carboxylic acids is 1. The Hall–Kier alpha value is -2.85. The van der Waals surface area contributed by atoms with Crippen molar-refractivity contribution in [1.29, 1.82) is 0 Å². The number of carbonyl (C=O) groups is 1. The fraction of sp³-hybridized carbons (Fsp3) is 0.227. The number of aromatic amines is 1. The zero-order valence-electron chi connectivity index (χ0n) is 14.8. The third-order valence-electron chi connectivity index (χ3n) is 4.93. The first-order valence-electron chi connectivity index (χ1n) is 9.10. The fourth-order valence-electron chi connectivity index (χ4n) is 3.40. The number of amides is 1. The quantitative estimate of drug-likeness (QED) is 0.784. The minimum atomic E-state index is 0.132. The molecule has 0 radical (unpaired) electrons. The molecule has 1 amide bonds. The van der Waals surface area contributed by atoms with Crippen LogP contribution in [0.15, 0.2) is 66.9 Å². The summed E-state index contributed by atoms with van der Waals surface area (Å²) in [5.74, 6) is 0.132. The fourth-order valence-corrected chi connectivity index (χ4v) is 3.40. The maximum absolute atomic E-state index is 12.8. The van der Waals surface area contributed by atoms with Crippen molar-refractivity contribution in [3.63, 3.8) is 0 Å². The van der Waals surface area contributed by atoms with Gasteiger partial charge in [0.15, 0.2) is 0 Å². The second-order valence-corrected chi connectivity index (χ2v) is 6.69. The van der Waals surface area contributed by atoms with Crippen LogP contribution in [0.4, 0.5) is 0 Å². The van der Waals surface area contributed by atoms with Crippen LogP contribution in [0.5, 0.6) is 0 Å². The topological polar surface area (TPSA) is 39.3 Å². The van der Waals surface area contributed by atoms with Crippen LogP contribution in [0.3, 0.4) is 0 Å². The second kappa shape index (κ2) is 7.58. The van der Waals surface area contributed by atoms with E-state index in [1.54, 1.807) is 0 Å². The van der Waals surface area contributed by atoms with Gasteiger partial charge in [0.05, 0.1) is 0 Å². The van der Waals surface area contributed by atoms with Crippen LogP contribution < -0.4 is 0 Å². The number of hydrogen-bond donors (Lipinski definition) is 1. The predicted octanol–water partition coefficient (Wildman–Crippen LogP) is 3.64. The molecule has 1 aromatic heterocycles. The first-order chi connectivity index (χ1) is 12.8. The van der Waals surface area contributed by atoms with Crippen molar-refractivity contribution in [3.05, 3.63) is 78.0 Å². The lowest BCUT2D eigenvalue weighted by Gasteiger charge is -2.34. The van der Waals surface area contributed by atoms with Gasteiger partial charge in [-0.15, -0.1) is 0 Å². The van der Waals surface area contributed by atoms with Gasteiger partial charge in [-0.2, -0.15) is 0 Å². The van der Waals surface area contributed by atoms with Crippen LogP contribution in [0.2, 0.25) is 0 Å². The van der Waals surface area contributed by atoms with Gasteiger partial charge in [0.25, 0.3) is 5.91 Å². The average Bonchev–Trinajstić information content (AvgIpc) is 3.17. The summed E-state index contributed by atoms with van der Waals surface area (Å²) in [6.45, 7) is 4.31. The maximum atomic E-state index is 12.8. The molecule has 4 rings (SSSR count). The molecule has 0 saturated carbocycles. The van der Waals surface area contributed by atoms with Crippen molar-refractivity contribution in [1.82, 2.24) is 14.8 Å². The molecule has 0 bridgehead atoms. The smallest absolute Gasteiger partial charge is 0.253 e. The molecule has 2 heterocycles. The molecule has 0 atom stereocenters. The van der Waals surface area contributed by atoms with Crippen molar-refractivity contribution in [3.8, 4) is 0 Å². The summed E-state index contributed by atoms with van der Waals surface area (Å²) in [6.07, 6.45) is 6.26. The van der Waals surface area contributed by atoms with Crippen LogP contribution in [-0.2, 0) is 0 Å². The van der Waals surface area contributed by atoms with Gasteiger partial charge in [0.2, 0.25) is 0 Å². The molecule has 2 aromatic carbocycles. The molecule has 0 spiro atoms. The van der Waals surface area contributed by atoms with E-state index >= 15 is 0 Å². The summed E-state index contributed by atoms with van der Waals surface area (Å²) in [6, 6.07) is 18.2. The molecular weight excluding hydrogens is 322 g/mol. The normalized spacial score (nSPS) is 15.8. The lowest BCUT2D eigenvalue weighted by molar-refractivity contribution is 0.0650. The molecule has 26 heavy (non-hydrogen) atoms. The van der Waals surface area contributed by atoms with Gasteiger partial charge in [0, 0.05) is 55.4 Å². The van der Waals surface area contributed by atoms with Crippen LogP contribution in [-0.4, -0.2) is 53.4 Å². The van der Waals surface area contributed by atoms with Crippen LogP contribution >= 0.6 is 0 Å². The largest absolute Gasteiger partial charge is 0.361 e. The highest BCUT2D eigenvalue weighted by atomic mass is 16.2. The number of fused-ring (bicyclic) bond motifs is 1. The Bertz CT molecular complexity index is 905. The van der Waals surface area contributed by atoms with E-state index in [1.807, 2.05) is 41.4 Å². The zero-order valence-corrected chi connectivity index (χ0v) is 14.8. The number of nitrogens with zero attached hydrogens (tertiary/aromatic N) is 2. The van der Waals surface area contributed by atoms with E-state index in [2.05, 4.69) is 46.3 Å². The molecule has 3 aromatic rings. The van der Waals surface area contributed by atoms with Crippen molar-refractivity contribution in [2.24, 2.45) is 0 Å². The SMILES string of the molecule is O=C(c1ccc2[nH]ccc2c1)N1CCN(CC=Cc2ccccc2)CC1. The first kappa shape index (κ1) is 16.6. The maximum Gasteiger partial charge on any atom is 0.253 e. The number of rotatable bonds is 4. The molecule has 1 N–H and O–H groups in total. The lowest BCUT2D eigenvalue weighted by Crippen LogP contribution is -2.48. The first-order valence-corrected chi connectivity index (χ1v) is 9.10. The molecule has 1 fully saturated rings. The van der Waals surface area contributed by atoms with Crippen LogP contribution in [0, 0.1) is 0 Å². The van der Waals surface area contributed by atoms with Crippen LogP contribution in [0.25, 0.3) is 17.0 Å². The molecule has 4 heteroatoms. The van der Waals surface area contributed by atoms with Crippen LogP contribution in [0.1, 0.15) is 15.9 Å². The summed E-state index contributed by atoms with van der Waals surface area (Å²) in [4.78, 5) is 20.3. The van der Waals surface area contributed by atoms with Crippen molar-refractivity contribution >= 4 is 22.9 Å². The summed E-state index contributed by atoms with van der Waals surface area (Å²) in [7, 11) is 0. The molecule has 1 aliphatic heterocycles. The second-order valence-electron chi connectivity index (χ2n) is 6.69. The van der Waals surface area contributed by atoms with Crippen molar-refractivity contribution in [2.75, 3.05) is 32.7 Å². The lowest BCUT2D eigenvalue weighted by atomic mass is 10.1. The van der Waals surface area contributed by atoms with E-state index in [0.717, 1.165) is 49.2 Å². The summed E-state index contributed by atoms with van der Waals surface area (Å²) in [5.41, 5.74) is 3.06. The van der Waals surface area contributed by atoms with Gasteiger partial charge >= 0.3 is 0 Å². The van der Waals surface area contributed by atoms with Gasteiger partial charge in [-0.1, -0.05) is 42.5 Å².